The van der Waals surface area contributed by atoms with Gasteiger partial charge in [0.15, 0.2) is 11.5 Å². The van der Waals surface area contributed by atoms with Gasteiger partial charge >= 0.3 is 0 Å². The first-order valence-electron chi connectivity index (χ1n) is 9.77. The van der Waals surface area contributed by atoms with Crippen molar-refractivity contribution in [1.29, 1.82) is 0 Å². The van der Waals surface area contributed by atoms with Crippen LogP contribution in [0.15, 0.2) is 41.3 Å². The zero-order valence-corrected chi connectivity index (χ0v) is 18.9. The maximum absolute atomic E-state index is 12.5. The van der Waals surface area contributed by atoms with Crippen molar-refractivity contribution in [3.05, 3.63) is 47.0 Å². The van der Waals surface area contributed by atoms with Crippen molar-refractivity contribution in [2.24, 2.45) is 0 Å². The van der Waals surface area contributed by atoms with Gasteiger partial charge in [0.25, 0.3) is 0 Å². The molecule has 1 amide bonds. The largest absolute Gasteiger partial charge is 0.489 e. The van der Waals surface area contributed by atoms with Crippen LogP contribution in [0.3, 0.4) is 0 Å². The highest BCUT2D eigenvalue weighted by molar-refractivity contribution is 7.89. The molecule has 1 atom stereocenters. The Kier molecular flexibility index (Phi) is 7.77. The zero-order valence-electron chi connectivity index (χ0n) is 17.3. The van der Waals surface area contributed by atoms with Gasteiger partial charge in [0, 0.05) is 25.3 Å². The molecule has 0 aliphatic carbocycles. The molecule has 2 N–H and O–H groups in total. The zero-order chi connectivity index (χ0) is 22.4. The standard InChI is InChI=1S/C21H25ClN2O6S/c1-14(13-28-2)24-31(26,27)17-6-4-16(5-7-17)23-20(25)12-15-10-18(22)21-19(11-15)29-8-3-9-30-21/h4-7,10-11,14,24H,3,8-9,12-13H2,1-2H3,(H,23,25)/t14-/m0/s1. The van der Waals surface area contributed by atoms with Crippen molar-refractivity contribution in [2.45, 2.75) is 30.7 Å². The third-order valence-corrected chi connectivity index (χ3v) is 6.33. The van der Waals surface area contributed by atoms with Crippen LogP contribution >= 0.6 is 11.6 Å². The summed E-state index contributed by atoms with van der Waals surface area (Å²) in [6, 6.07) is 9.00. The van der Waals surface area contributed by atoms with Crippen molar-refractivity contribution in [1.82, 2.24) is 4.72 Å². The topological polar surface area (TPSA) is 103 Å². The predicted octanol–water partition coefficient (Wildman–Crippen LogP) is 3.00. The van der Waals surface area contributed by atoms with Crippen molar-refractivity contribution >= 4 is 33.2 Å². The SMILES string of the molecule is COC[C@H](C)NS(=O)(=O)c1ccc(NC(=O)Cc2cc(Cl)c3c(c2)OCCCO3)cc1. The first-order valence-corrected chi connectivity index (χ1v) is 11.6. The maximum Gasteiger partial charge on any atom is 0.240 e. The minimum Gasteiger partial charge on any atom is -0.489 e. The molecular weight excluding hydrogens is 444 g/mol. The van der Waals surface area contributed by atoms with Gasteiger partial charge in [-0.1, -0.05) is 11.6 Å². The van der Waals surface area contributed by atoms with E-state index in [1.54, 1.807) is 19.1 Å². The lowest BCUT2D eigenvalue weighted by molar-refractivity contribution is -0.115. The molecular formula is C21H25ClN2O6S. The number of amides is 1. The van der Waals surface area contributed by atoms with Crippen LogP contribution in [0.1, 0.15) is 18.9 Å². The van der Waals surface area contributed by atoms with E-state index in [2.05, 4.69) is 10.0 Å². The van der Waals surface area contributed by atoms with Crippen molar-refractivity contribution in [2.75, 3.05) is 32.2 Å². The second-order valence-electron chi connectivity index (χ2n) is 7.18. The molecule has 10 heteroatoms. The van der Waals surface area contributed by atoms with Gasteiger partial charge in [0.05, 0.1) is 36.2 Å². The molecule has 1 aliphatic rings. The van der Waals surface area contributed by atoms with E-state index < -0.39 is 10.0 Å². The molecule has 3 rings (SSSR count). The Morgan fingerprint density at radius 2 is 1.90 bits per heavy atom. The van der Waals surface area contributed by atoms with E-state index in [1.807, 2.05) is 0 Å². The molecule has 2 aromatic carbocycles. The van der Waals surface area contributed by atoms with Gasteiger partial charge < -0.3 is 19.5 Å². The number of ether oxygens (including phenoxy) is 3. The average molecular weight is 469 g/mol. The highest BCUT2D eigenvalue weighted by Crippen LogP contribution is 2.38. The third-order valence-electron chi connectivity index (χ3n) is 4.45. The highest BCUT2D eigenvalue weighted by atomic mass is 35.5. The number of carbonyl (C=O) groups is 1. The summed E-state index contributed by atoms with van der Waals surface area (Å²) in [5, 5.41) is 3.15. The lowest BCUT2D eigenvalue weighted by atomic mass is 10.1. The number of nitrogens with one attached hydrogen (secondary N) is 2. The summed E-state index contributed by atoms with van der Waals surface area (Å²) in [7, 11) is -2.17. The number of benzene rings is 2. The molecule has 31 heavy (non-hydrogen) atoms. The molecule has 0 bridgehead atoms. The molecule has 1 heterocycles. The number of fused-ring (bicyclic) bond motifs is 1. The molecule has 0 fully saturated rings. The number of halogens is 1. The molecule has 0 unspecified atom stereocenters. The van der Waals surface area contributed by atoms with Crippen LogP contribution in [0, 0.1) is 0 Å². The van der Waals surface area contributed by atoms with Crippen LogP contribution < -0.4 is 19.5 Å². The molecule has 0 saturated heterocycles. The van der Waals surface area contributed by atoms with Gasteiger partial charge in [-0.2, -0.15) is 0 Å². The number of methoxy groups -OCH3 is 1. The van der Waals surface area contributed by atoms with Gasteiger partial charge in [0.1, 0.15) is 0 Å². The van der Waals surface area contributed by atoms with Crippen molar-refractivity contribution < 1.29 is 27.4 Å². The van der Waals surface area contributed by atoms with Crippen molar-refractivity contribution in [3.8, 4) is 11.5 Å². The smallest absolute Gasteiger partial charge is 0.240 e. The van der Waals surface area contributed by atoms with Crippen molar-refractivity contribution in [3.63, 3.8) is 0 Å². The number of carbonyl (C=O) groups excluding carboxylic acids is 1. The summed E-state index contributed by atoms with van der Waals surface area (Å²) >= 11 is 6.27. The molecule has 0 saturated carbocycles. The first-order chi connectivity index (χ1) is 14.8. The fraction of sp³-hybridized carbons (Fsp3) is 0.381. The molecule has 0 aromatic heterocycles. The van der Waals surface area contributed by atoms with Gasteiger partial charge in [0.2, 0.25) is 15.9 Å². The van der Waals surface area contributed by atoms with Crippen LogP contribution in [-0.2, 0) is 26.0 Å². The normalized spacial score (nSPS) is 14.5. The van der Waals surface area contributed by atoms with Gasteiger partial charge in [-0.3, -0.25) is 4.79 Å². The minimum absolute atomic E-state index is 0.0759. The van der Waals surface area contributed by atoms with E-state index in [0.717, 1.165) is 6.42 Å². The number of sulfonamides is 1. The number of hydrogen-bond donors (Lipinski definition) is 2. The van der Waals surface area contributed by atoms with Gasteiger partial charge in [-0.25, -0.2) is 13.1 Å². The Hall–Kier alpha value is -2.33. The third kappa shape index (κ3) is 6.33. The highest BCUT2D eigenvalue weighted by Gasteiger charge is 2.19. The molecule has 1 aliphatic heterocycles. The van der Waals surface area contributed by atoms with E-state index in [0.29, 0.717) is 41.0 Å². The Bertz CT molecular complexity index is 1030. The molecule has 0 radical (unpaired) electrons. The Morgan fingerprint density at radius 1 is 1.19 bits per heavy atom. The van der Waals surface area contributed by atoms with Crippen LogP contribution in [0.5, 0.6) is 11.5 Å². The first kappa shape index (κ1) is 23.3. The molecule has 2 aromatic rings. The second kappa shape index (κ2) is 10.3. The van der Waals surface area contributed by atoms with E-state index in [-0.39, 0.29) is 29.9 Å². The maximum atomic E-state index is 12.5. The summed E-state index contributed by atoms with van der Waals surface area (Å²) in [5.41, 5.74) is 1.16. The van der Waals surface area contributed by atoms with E-state index >= 15 is 0 Å². The van der Waals surface area contributed by atoms with E-state index in [4.69, 9.17) is 25.8 Å². The van der Waals surface area contributed by atoms with Crippen LogP contribution in [0.2, 0.25) is 5.02 Å². The van der Waals surface area contributed by atoms with Crippen LogP contribution in [0.4, 0.5) is 5.69 Å². The fourth-order valence-corrected chi connectivity index (χ4v) is 4.63. The van der Waals surface area contributed by atoms with Crippen LogP contribution in [-0.4, -0.2) is 47.3 Å². The number of anilines is 1. The summed E-state index contributed by atoms with van der Waals surface area (Å²) in [4.78, 5) is 12.6. The lowest BCUT2D eigenvalue weighted by Gasteiger charge is -2.14. The monoisotopic (exact) mass is 468 g/mol. The minimum atomic E-state index is -3.68. The Balaban J connectivity index is 1.64. The van der Waals surface area contributed by atoms with E-state index in [9.17, 15) is 13.2 Å². The summed E-state index contributed by atoms with van der Waals surface area (Å²) in [5.74, 6) is 0.749. The second-order valence-corrected chi connectivity index (χ2v) is 9.30. The number of rotatable bonds is 8. The lowest BCUT2D eigenvalue weighted by Crippen LogP contribution is -2.35. The summed E-state index contributed by atoms with van der Waals surface area (Å²) < 4.78 is 43.5. The van der Waals surface area contributed by atoms with Gasteiger partial charge in [-0.05, 0) is 48.9 Å². The Labute approximate surface area is 186 Å². The Morgan fingerprint density at radius 3 is 2.61 bits per heavy atom. The average Bonchev–Trinajstić information content (AvgIpc) is 2.94. The van der Waals surface area contributed by atoms with E-state index in [1.165, 1.54) is 31.4 Å². The molecule has 168 valence electrons. The van der Waals surface area contributed by atoms with Gasteiger partial charge in [-0.15, -0.1) is 0 Å². The molecule has 8 nitrogen and oxygen atoms in total. The fourth-order valence-electron chi connectivity index (χ4n) is 3.11. The molecule has 0 spiro atoms. The summed E-state index contributed by atoms with van der Waals surface area (Å²) in [6.07, 6.45) is 0.833. The quantitative estimate of drug-likeness (QED) is 0.617. The number of hydrogen-bond acceptors (Lipinski definition) is 6. The van der Waals surface area contributed by atoms with Crippen LogP contribution in [0.25, 0.3) is 0 Å². The predicted molar refractivity (Wildman–Crippen MR) is 117 cm³/mol. The summed E-state index contributed by atoms with van der Waals surface area (Å²) in [6.45, 7) is 3.02.